The summed E-state index contributed by atoms with van der Waals surface area (Å²) in [7, 11) is 1.48. The summed E-state index contributed by atoms with van der Waals surface area (Å²) in [5.74, 6) is 1.56. The van der Waals surface area contributed by atoms with Crippen LogP contribution in [0.4, 0.5) is 16.0 Å². The van der Waals surface area contributed by atoms with Gasteiger partial charge < -0.3 is 20.1 Å². The number of benzene rings is 1. The highest BCUT2D eigenvalue weighted by Gasteiger charge is 2.21. The van der Waals surface area contributed by atoms with Gasteiger partial charge in [-0.05, 0) is 13.0 Å². The molecule has 0 radical (unpaired) electrons. The van der Waals surface area contributed by atoms with Crippen LogP contribution in [0.1, 0.15) is 12.1 Å². The van der Waals surface area contributed by atoms with Gasteiger partial charge in [0.15, 0.2) is 11.5 Å². The molecule has 0 spiro atoms. The molecule has 0 aliphatic carbocycles. The second kappa shape index (κ2) is 8.75. The standard InChI is InChI=1S/C20H20FN7O2/c1-29-16-4-13(21)5-17(30-11-12-2-3-23-8-12)20(16)15-6-18(28-27-15)26-19-10-24-14(7-22)9-25-19/h4-6,9-10,12,23H,2-3,8,11H2,1H3,(H2,25,26,27,28)/t12-/m0/s1. The molecule has 1 aliphatic rings. The van der Waals surface area contributed by atoms with Crippen molar-refractivity contribution in [3.63, 3.8) is 0 Å². The van der Waals surface area contributed by atoms with Crippen LogP contribution in [0.25, 0.3) is 11.3 Å². The van der Waals surface area contributed by atoms with Crippen LogP contribution < -0.4 is 20.1 Å². The van der Waals surface area contributed by atoms with E-state index >= 15 is 0 Å². The van der Waals surface area contributed by atoms with E-state index in [1.165, 1.54) is 31.6 Å². The van der Waals surface area contributed by atoms with Crippen LogP contribution in [-0.4, -0.2) is 47.0 Å². The zero-order valence-corrected chi connectivity index (χ0v) is 16.3. The molecule has 154 valence electrons. The molecule has 0 saturated carbocycles. The zero-order valence-electron chi connectivity index (χ0n) is 16.3. The van der Waals surface area contributed by atoms with Gasteiger partial charge in [0, 0.05) is 30.7 Å². The predicted octanol–water partition coefficient (Wildman–Crippen LogP) is 2.62. The Morgan fingerprint density at radius 3 is 2.80 bits per heavy atom. The Balaban J connectivity index is 1.59. The van der Waals surface area contributed by atoms with Gasteiger partial charge in [-0.1, -0.05) is 0 Å². The van der Waals surface area contributed by atoms with Crippen molar-refractivity contribution in [3.8, 4) is 28.8 Å². The number of aromatic nitrogens is 4. The highest BCUT2D eigenvalue weighted by atomic mass is 19.1. The predicted molar refractivity (Wildman–Crippen MR) is 107 cm³/mol. The van der Waals surface area contributed by atoms with Crippen LogP contribution in [0.5, 0.6) is 11.5 Å². The summed E-state index contributed by atoms with van der Waals surface area (Å²) in [6, 6.07) is 6.30. The molecule has 0 unspecified atom stereocenters. The Kier molecular flexibility index (Phi) is 5.72. The summed E-state index contributed by atoms with van der Waals surface area (Å²) in [5.41, 5.74) is 1.39. The number of aromatic amines is 1. The minimum absolute atomic E-state index is 0.221. The lowest BCUT2D eigenvalue weighted by Crippen LogP contribution is -2.16. The quantitative estimate of drug-likeness (QED) is 0.545. The molecule has 3 aromatic rings. The van der Waals surface area contributed by atoms with Crippen LogP contribution in [-0.2, 0) is 0 Å². The SMILES string of the molecule is COc1cc(F)cc(OC[C@H]2CCNC2)c1-c1cc(Nc2cnc(C#N)cn2)n[nH]1. The first kappa shape index (κ1) is 19.6. The monoisotopic (exact) mass is 409 g/mol. The Hall–Kier alpha value is -3.71. The summed E-state index contributed by atoms with van der Waals surface area (Å²) < 4.78 is 25.5. The van der Waals surface area contributed by atoms with E-state index in [4.69, 9.17) is 14.7 Å². The van der Waals surface area contributed by atoms with Gasteiger partial charge in [0.25, 0.3) is 0 Å². The molecular formula is C20H20FN7O2. The molecule has 3 heterocycles. The van der Waals surface area contributed by atoms with Crippen molar-refractivity contribution in [2.24, 2.45) is 5.92 Å². The van der Waals surface area contributed by atoms with Crippen LogP contribution >= 0.6 is 0 Å². The van der Waals surface area contributed by atoms with E-state index in [-0.39, 0.29) is 5.69 Å². The number of nitriles is 1. The third kappa shape index (κ3) is 4.31. The van der Waals surface area contributed by atoms with Gasteiger partial charge in [-0.15, -0.1) is 0 Å². The molecule has 30 heavy (non-hydrogen) atoms. The first-order valence-corrected chi connectivity index (χ1v) is 9.42. The maximum absolute atomic E-state index is 14.1. The highest BCUT2D eigenvalue weighted by molar-refractivity contribution is 5.76. The van der Waals surface area contributed by atoms with E-state index in [9.17, 15) is 4.39 Å². The van der Waals surface area contributed by atoms with E-state index in [1.807, 2.05) is 6.07 Å². The fraction of sp³-hybridized carbons (Fsp3) is 0.300. The molecule has 1 atom stereocenters. The van der Waals surface area contributed by atoms with Gasteiger partial charge in [-0.25, -0.2) is 14.4 Å². The average molecular weight is 409 g/mol. The van der Waals surface area contributed by atoms with Gasteiger partial charge in [0.2, 0.25) is 0 Å². The molecule has 3 N–H and O–H groups in total. The van der Waals surface area contributed by atoms with Gasteiger partial charge in [-0.2, -0.15) is 10.4 Å². The van der Waals surface area contributed by atoms with Crippen molar-refractivity contribution >= 4 is 11.6 Å². The summed E-state index contributed by atoms with van der Waals surface area (Å²) in [6.07, 6.45) is 3.82. The maximum Gasteiger partial charge on any atom is 0.158 e. The Morgan fingerprint density at radius 1 is 1.23 bits per heavy atom. The Bertz CT molecular complexity index is 1060. The number of hydrogen-bond donors (Lipinski definition) is 3. The number of methoxy groups -OCH3 is 1. The van der Waals surface area contributed by atoms with E-state index in [2.05, 4.69) is 30.8 Å². The lowest BCUT2D eigenvalue weighted by atomic mass is 10.1. The number of anilines is 2. The molecule has 2 aromatic heterocycles. The second-order valence-corrected chi connectivity index (χ2v) is 6.84. The van der Waals surface area contributed by atoms with Gasteiger partial charge in [0.1, 0.15) is 29.2 Å². The number of halogens is 1. The van der Waals surface area contributed by atoms with Crippen LogP contribution in [0.2, 0.25) is 0 Å². The van der Waals surface area contributed by atoms with Crippen LogP contribution in [0.15, 0.2) is 30.6 Å². The molecule has 1 aromatic carbocycles. The van der Waals surface area contributed by atoms with E-state index in [1.54, 1.807) is 6.07 Å². The molecule has 10 heteroatoms. The first-order chi connectivity index (χ1) is 14.7. The summed E-state index contributed by atoms with van der Waals surface area (Å²) in [6.45, 7) is 2.32. The van der Waals surface area contributed by atoms with Gasteiger partial charge in [0.05, 0.1) is 37.4 Å². The van der Waals surface area contributed by atoms with E-state index in [0.717, 1.165) is 19.5 Å². The fourth-order valence-electron chi connectivity index (χ4n) is 3.26. The normalized spacial score (nSPS) is 15.6. The van der Waals surface area contributed by atoms with Crippen LogP contribution in [0, 0.1) is 23.1 Å². The zero-order chi connectivity index (χ0) is 20.9. The molecule has 1 fully saturated rings. The van der Waals surface area contributed by atoms with Gasteiger partial charge in [-0.3, -0.25) is 5.10 Å². The molecular weight excluding hydrogens is 389 g/mol. The minimum atomic E-state index is -0.444. The number of ether oxygens (including phenoxy) is 2. The molecule has 4 rings (SSSR count). The molecule has 0 amide bonds. The van der Waals surface area contributed by atoms with Crippen molar-refractivity contribution in [1.82, 2.24) is 25.5 Å². The summed E-state index contributed by atoms with van der Waals surface area (Å²) in [5, 5.41) is 22.2. The summed E-state index contributed by atoms with van der Waals surface area (Å²) in [4.78, 5) is 8.07. The Labute approximate surface area is 172 Å². The van der Waals surface area contributed by atoms with Gasteiger partial charge >= 0.3 is 0 Å². The minimum Gasteiger partial charge on any atom is -0.496 e. The molecule has 0 bridgehead atoms. The van der Waals surface area contributed by atoms with Crippen molar-refractivity contribution in [2.75, 3.05) is 32.1 Å². The average Bonchev–Trinajstić information content (AvgIpc) is 3.44. The van der Waals surface area contributed by atoms with Crippen molar-refractivity contribution in [2.45, 2.75) is 6.42 Å². The van der Waals surface area contributed by atoms with Crippen molar-refractivity contribution in [3.05, 3.63) is 42.1 Å². The third-order valence-electron chi connectivity index (χ3n) is 4.76. The molecule has 1 aliphatic heterocycles. The van der Waals surface area contributed by atoms with Crippen molar-refractivity contribution < 1.29 is 13.9 Å². The fourth-order valence-corrected chi connectivity index (χ4v) is 3.26. The van der Waals surface area contributed by atoms with E-state index < -0.39 is 5.82 Å². The first-order valence-electron chi connectivity index (χ1n) is 9.42. The van der Waals surface area contributed by atoms with E-state index in [0.29, 0.717) is 46.9 Å². The molecule has 1 saturated heterocycles. The lowest BCUT2D eigenvalue weighted by Gasteiger charge is -2.16. The number of nitrogens with one attached hydrogen (secondary N) is 3. The molecule has 9 nitrogen and oxygen atoms in total. The number of hydrogen-bond acceptors (Lipinski definition) is 8. The second-order valence-electron chi connectivity index (χ2n) is 6.84. The third-order valence-corrected chi connectivity index (χ3v) is 4.76. The maximum atomic E-state index is 14.1. The number of nitrogens with zero attached hydrogens (tertiary/aromatic N) is 4. The van der Waals surface area contributed by atoms with Crippen LogP contribution in [0.3, 0.4) is 0 Å². The number of H-pyrrole nitrogens is 1. The topological polar surface area (TPSA) is 121 Å². The summed E-state index contributed by atoms with van der Waals surface area (Å²) >= 11 is 0. The highest BCUT2D eigenvalue weighted by Crippen LogP contribution is 2.39. The Morgan fingerprint density at radius 2 is 2.10 bits per heavy atom. The van der Waals surface area contributed by atoms with Crippen molar-refractivity contribution in [1.29, 1.82) is 5.26 Å². The lowest BCUT2D eigenvalue weighted by molar-refractivity contribution is 0.259. The largest absolute Gasteiger partial charge is 0.496 e. The smallest absolute Gasteiger partial charge is 0.158 e. The number of rotatable bonds is 7.